The molecule has 94 valence electrons. The average molecular weight is 247 g/mol. The highest BCUT2D eigenvalue weighted by atomic mass is 35.5. The van der Waals surface area contributed by atoms with Crippen LogP contribution in [0, 0.1) is 11.3 Å². The summed E-state index contributed by atoms with van der Waals surface area (Å²) in [6.45, 7) is 6.37. The van der Waals surface area contributed by atoms with Gasteiger partial charge >= 0.3 is 0 Å². The van der Waals surface area contributed by atoms with E-state index in [1.54, 1.807) is 0 Å². The Bertz CT molecular complexity index is 253. The summed E-state index contributed by atoms with van der Waals surface area (Å²) in [5.41, 5.74) is -0.0510. The van der Waals surface area contributed by atoms with Gasteiger partial charge in [0.1, 0.15) is 0 Å². The van der Waals surface area contributed by atoms with Crippen molar-refractivity contribution in [3.05, 3.63) is 0 Å². The van der Waals surface area contributed by atoms with Crippen molar-refractivity contribution in [1.29, 1.82) is 0 Å². The van der Waals surface area contributed by atoms with Crippen LogP contribution in [0.1, 0.15) is 39.5 Å². The summed E-state index contributed by atoms with van der Waals surface area (Å²) in [5.74, 6) is 0.846. The molecule has 2 rings (SSSR count). The van der Waals surface area contributed by atoms with E-state index in [4.69, 9.17) is 0 Å². The highest BCUT2D eigenvalue weighted by molar-refractivity contribution is 5.85. The molecule has 2 atom stereocenters. The van der Waals surface area contributed by atoms with Crippen molar-refractivity contribution in [2.24, 2.45) is 11.3 Å². The maximum atomic E-state index is 12.0. The first-order chi connectivity index (χ1) is 7.12. The van der Waals surface area contributed by atoms with Crippen LogP contribution in [0.4, 0.5) is 0 Å². The van der Waals surface area contributed by atoms with Crippen molar-refractivity contribution in [3.63, 3.8) is 0 Å². The van der Waals surface area contributed by atoms with Gasteiger partial charge in [-0.15, -0.1) is 12.4 Å². The standard InChI is InChI=1S/C12H22N2O.ClH/c1-9-8-13-7-4-10(9)14-11(15)12(2)5-3-6-12;/h9-10,13H,3-8H2,1-2H3,(H,14,15);1H. The lowest BCUT2D eigenvalue weighted by Gasteiger charge is -2.39. The second kappa shape index (κ2) is 5.37. The lowest BCUT2D eigenvalue weighted by molar-refractivity contribution is -0.135. The summed E-state index contributed by atoms with van der Waals surface area (Å²) in [7, 11) is 0. The van der Waals surface area contributed by atoms with Gasteiger partial charge in [0.2, 0.25) is 5.91 Å². The van der Waals surface area contributed by atoms with Crippen molar-refractivity contribution in [2.45, 2.75) is 45.6 Å². The van der Waals surface area contributed by atoms with Gasteiger partial charge in [-0.25, -0.2) is 0 Å². The highest BCUT2D eigenvalue weighted by Gasteiger charge is 2.40. The first kappa shape index (κ1) is 13.8. The lowest BCUT2D eigenvalue weighted by Crippen LogP contribution is -2.53. The fourth-order valence-corrected chi connectivity index (χ4v) is 2.51. The number of hydrogen-bond acceptors (Lipinski definition) is 2. The molecule has 1 amide bonds. The van der Waals surface area contributed by atoms with Gasteiger partial charge in [-0.2, -0.15) is 0 Å². The first-order valence-electron chi connectivity index (χ1n) is 6.13. The number of amides is 1. The van der Waals surface area contributed by atoms with E-state index in [0.29, 0.717) is 12.0 Å². The number of carbonyl (C=O) groups is 1. The predicted octanol–water partition coefficient (Wildman–Crippen LogP) is 1.71. The SMILES string of the molecule is CC1CNCCC1NC(=O)C1(C)CCC1.Cl. The van der Waals surface area contributed by atoms with E-state index in [1.807, 2.05) is 0 Å². The van der Waals surface area contributed by atoms with Crippen LogP contribution in [-0.4, -0.2) is 25.0 Å². The van der Waals surface area contributed by atoms with Crippen LogP contribution in [0.2, 0.25) is 0 Å². The molecule has 0 radical (unpaired) electrons. The van der Waals surface area contributed by atoms with Gasteiger partial charge < -0.3 is 10.6 Å². The van der Waals surface area contributed by atoms with Crippen LogP contribution in [0.25, 0.3) is 0 Å². The summed E-state index contributed by atoms with van der Waals surface area (Å²) >= 11 is 0. The van der Waals surface area contributed by atoms with Gasteiger partial charge in [-0.1, -0.05) is 20.3 Å². The number of carbonyl (C=O) groups excluding carboxylic acids is 1. The predicted molar refractivity (Wildman–Crippen MR) is 67.8 cm³/mol. The molecule has 1 aliphatic carbocycles. The zero-order valence-electron chi connectivity index (χ0n) is 10.2. The van der Waals surface area contributed by atoms with Gasteiger partial charge in [0.25, 0.3) is 0 Å². The van der Waals surface area contributed by atoms with Gasteiger partial charge in [0.05, 0.1) is 0 Å². The molecule has 3 nitrogen and oxygen atoms in total. The van der Waals surface area contributed by atoms with Gasteiger partial charge in [0, 0.05) is 11.5 Å². The van der Waals surface area contributed by atoms with Crippen molar-refractivity contribution >= 4 is 18.3 Å². The van der Waals surface area contributed by atoms with Gasteiger partial charge in [-0.3, -0.25) is 4.79 Å². The molecule has 16 heavy (non-hydrogen) atoms. The highest BCUT2D eigenvalue weighted by Crippen LogP contribution is 2.40. The minimum absolute atomic E-state index is 0. The molecule has 1 aliphatic heterocycles. The third-order valence-corrected chi connectivity index (χ3v) is 4.11. The number of nitrogens with one attached hydrogen (secondary N) is 2. The van der Waals surface area contributed by atoms with Crippen molar-refractivity contribution in [2.75, 3.05) is 13.1 Å². The Balaban J connectivity index is 0.00000128. The molecule has 2 aliphatic rings. The molecule has 0 spiro atoms. The Morgan fingerprint density at radius 2 is 2.12 bits per heavy atom. The fraction of sp³-hybridized carbons (Fsp3) is 0.917. The molecule has 2 N–H and O–H groups in total. The number of hydrogen-bond donors (Lipinski definition) is 2. The molecule has 0 aromatic heterocycles. The normalized spacial score (nSPS) is 32.1. The minimum atomic E-state index is -0.0510. The molecule has 0 aromatic rings. The molecule has 1 saturated carbocycles. The molecular weight excluding hydrogens is 224 g/mol. The van der Waals surface area contributed by atoms with Crippen molar-refractivity contribution in [1.82, 2.24) is 10.6 Å². The Labute approximate surface area is 104 Å². The van der Waals surface area contributed by atoms with Crippen LogP contribution in [0.5, 0.6) is 0 Å². The number of halogens is 1. The summed E-state index contributed by atoms with van der Waals surface area (Å²) in [5, 5.41) is 6.59. The van der Waals surface area contributed by atoms with E-state index in [2.05, 4.69) is 24.5 Å². The quantitative estimate of drug-likeness (QED) is 0.779. The molecule has 1 saturated heterocycles. The summed E-state index contributed by atoms with van der Waals surface area (Å²) in [6, 6.07) is 0.385. The number of piperidine rings is 1. The summed E-state index contributed by atoms with van der Waals surface area (Å²) in [4.78, 5) is 12.0. The minimum Gasteiger partial charge on any atom is -0.353 e. The zero-order valence-corrected chi connectivity index (χ0v) is 11.0. The maximum Gasteiger partial charge on any atom is 0.226 e. The van der Waals surface area contributed by atoms with Gasteiger partial charge in [0.15, 0.2) is 0 Å². The van der Waals surface area contributed by atoms with Gasteiger partial charge in [-0.05, 0) is 38.3 Å². The topological polar surface area (TPSA) is 41.1 Å². The summed E-state index contributed by atoms with van der Waals surface area (Å²) in [6.07, 6.45) is 4.42. The number of rotatable bonds is 2. The Kier molecular flexibility index (Phi) is 4.62. The van der Waals surface area contributed by atoms with Crippen LogP contribution < -0.4 is 10.6 Å². The van der Waals surface area contributed by atoms with E-state index in [0.717, 1.165) is 32.4 Å². The first-order valence-corrected chi connectivity index (χ1v) is 6.13. The Morgan fingerprint density at radius 1 is 1.44 bits per heavy atom. The van der Waals surface area contributed by atoms with E-state index in [-0.39, 0.29) is 23.7 Å². The largest absolute Gasteiger partial charge is 0.353 e. The van der Waals surface area contributed by atoms with E-state index < -0.39 is 0 Å². The molecular formula is C12H23ClN2O. The molecule has 4 heteroatoms. The molecule has 1 heterocycles. The van der Waals surface area contributed by atoms with Crippen LogP contribution in [0.3, 0.4) is 0 Å². The summed E-state index contributed by atoms with van der Waals surface area (Å²) < 4.78 is 0. The molecule has 2 fully saturated rings. The lowest BCUT2D eigenvalue weighted by atomic mass is 9.69. The maximum absolute atomic E-state index is 12.0. The smallest absolute Gasteiger partial charge is 0.226 e. The van der Waals surface area contributed by atoms with E-state index >= 15 is 0 Å². The monoisotopic (exact) mass is 246 g/mol. The second-order valence-electron chi connectivity index (χ2n) is 5.46. The van der Waals surface area contributed by atoms with Crippen LogP contribution in [0.15, 0.2) is 0 Å². The Morgan fingerprint density at radius 3 is 2.62 bits per heavy atom. The average Bonchev–Trinajstić information content (AvgIpc) is 2.18. The van der Waals surface area contributed by atoms with Crippen LogP contribution >= 0.6 is 12.4 Å². The van der Waals surface area contributed by atoms with Crippen LogP contribution in [-0.2, 0) is 4.79 Å². The fourth-order valence-electron chi connectivity index (χ4n) is 2.51. The Hall–Kier alpha value is -0.280. The third-order valence-electron chi connectivity index (χ3n) is 4.11. The van der Waals surface area contributed by atoms with Crippen molar-refractivity contribution in [3.8, 4) is 0 Å². The van der Waals surface area contributed by atoms with Crippen molar-refractivity contribution < 1.29 is 4.79 Å². The molecule has 2 unspecified atom stereocenters. The molecule has 0 bridgehead atoms. The van der Waals surface area contributed by atoms with E-state index in [9.17, 15) is 4.79 Å². The third kappa shape index (κ3) is 2.69. The zero-order chi connectivity index (χ0) is 10.9. The van der Waals surface area contributed by atoms with E-state index in [1.165, 1.54) is 6.42 Å². The molecule has 0 aromatic carbocycles. The second-order valence-corrected chi connectivity index (χ2v) is 5.46.